The quantitative estimate of drug-likeness (QED) is 0.370. The van der Waals surface area contributed by atoms with E-state index in [9.17, 15) is 26.3 Å². The van der Waals surface area contributed by atoms with Gasteiger partial charge in [-0.15, -0.1) is 0 Å². The number of rotatable bonds is 5. The fourth-order valence-electron chi connectivity index (χ4n) is 3.26. The van der Waals surface area contributed by atoms with Gasteiger partial charge in [-0.3, -0.25) is 4.98 Å². The Balaban J connectivity index is 2.36. The van der Waals surface area contributed by atoms with Gasteiger partial charge >= 0.3 is 12.4 Å². The minimum atomic E-state index is -4.98. The van der Waals surface area contributed by atoms with E-state index in [1.54, 1.807) is 6.07 Å². The number of benzene rings is 1. The molecule has 2 aromatic heterocycles. The molecule has 10 heteroatoms. The molecule has 0 aliphatic heterocycles. The molecule has 156 valence electrons. The summed E-state index contributed by atoms with van der Waals surface area (Å²) in [5, 5.41) is -0.136. The van der Waals surface area contributed by atoms with Crippen molar-refractivity contribution in [3.63, 3.8) is 0 Å². The molecule has 29 heavy (non-hydrogen) atoms. The maximum Gasteiger partial charge on any atom is 0.417 e. The largest absolute Gasteiger partial charge is 0.417 e. The van der Waals surface area contributed by atoms with Crippen molar-refractivity contribution < 1.29 is 26.3 Å². The Labute approximate surface area is 166 Å². The number of nitrogens with zero attached hydrogens (tertiary/aromatic N) is 1. The number of hydrogen-bond donors (Lipinski definition) is 2. The number of fused-ring (bicyclic) bond motifs is 1. The lowest BCUT2D eigenvalue weighted by molar-refractivity contribution is -0.142. The van der Waals surface area contributed by atoms with Gasteiger partial charge in [-0.25, -0.2) is 0 Å². The highest BCUT2D eigenvalue weighted by atomic mass is 35.5. The molecular weight excluding hydrogens is 420 g/mol. The molecule has 3 N–H and O–H groups in total. The van der Waals surface area contributed by atoms with Crippen molar-refractivity contribution in [1.29, 1.82) is 0 Å². The molecule has 3 aromatic rings. The average molecular weight is 436 g/mol. The lowest BCUT2D eigenvalue weighted by Gasteiger charge is -2.14. The predicted octanol–water partition coefficient (Wildman–Crippen LogP) is 6.20. The molecule has 0 spiro atoms. The summed E-state index contributed by atoms with van der Waals surface area (Å²) in [7, 11) is 0. The maximum atomic E-state index is 13.7. The van der Waals surface area contributed by atoms with Crippen LogP contribution in [-0.4, -0.2) is 16.5 Å². The zero-order chi connectivity index (χ0) is 21.4. The van der Waals surface area contributed by atoms with E-state index in [0.717, 1.165) is 0 Å². The van der Waals surface area contributed by atoms with Gasteiger partial charge < -0.3 is 10.7 Å². The second-order valence-electron chi connectivity index (χ2n) is 6.50. The molecule has 3 nitrogen and oxygen atoms in total. The van der Waals surface area contributed by atoms with Gasteiger partial charge in [0.2, 0.25) is 0 Å². The number of pyridine rings is 1. The number of nitrogens with two attached hydrogens (primary N) is 1. The number of alkyl halides is 6. The normalized spacial score (nSPS) is 12.7. The fraction of sp³-hybridized carbons (Fsp3) is 0.316. The summed E-state index contributed by atoms with van der Waals surface area (Å²) >= 11 is 6.15. The number of hydrogen-bond acceptors (Lipinski definition) is 2. The number of halogens is 7. The minimum absolute atomic E-state index is 0.145. The fourth-order valence-corrected chi connectivity index (χ4v) is 3.47. The molecule has 2 heterocycles. The topological polar surface area (TPSA) is 54.7 Å². The van der Waals surface area contributed by atoms with E-state index in [-0.39, 0.29) is 45.4 Å². The van der Waals surface area contributed by atoms with Crippen LogP contribution in [0.4, 0.5) is 26.3 Å². The van der Waals surface area contributed by atoms with Crippen LogP contribution in [0.3, 0.4) is 0 Å². The van der Waals surface area contributed by atoms with Crippen LogP contribution in [0.15, 0.2) is 30.5 Å². The van der Waals surface area contributed by atoms with Crippen molar-refractivity contribution in [3.05, 3.63) is 52.2 Å². The highest BCUT2D eigenvalue weighted by molar-refractivity contribution is 6.33. The number of unbranched alkanes of at least 4 members (excludes halogenated alkanes) is 1. The predicted molar refractivity (Wildman–Crippen MR) is 98.5 cm³/mol. The van der Waals surface area contributed by atoms with E-state index >= 15 is 0 Å². The van der Waals surface area contributed by atoms with Crippen molar-refractivity contribution in [2.45, 2.75) is 31.6 Å². The number of nitrogens with one attached hydrogen (secondary N) is 1. The van der Waals surface area contributed by atoms with Crippen LogP contribution in [0.5, 0.6) is 0 Å². The Morgan fingerprint density at radius 3 is 2.34 bits per heavy atom. The van der Waals surface area contributed by atoms with Crippen LogP contribution >= 0.6 is 11.6 Å². The molecule has 0 unspecified atom stereocenters. The van der Waals surface area contributed by atoms with E-state index in [1.165, 1.54) is 12.3 Å². The minimum Gasteiger partial charge on any atom is -0.353 e. The van der Waals surface area contributed by atoms with Crippen molar-refractivity contribution in [1.82, 2.24) is 9.97 Å². The van der Waals surface area contributed by atoms with Crippen LogP contribution in [0.25, 0.3) is 22.3 Å². The molecule has 1 aromatic carbocycles. The van der Waals surface area contributed by atoms with Gasteiger partial charge in [0.25, 0.3) is 0 Å². The molecule has 0 saturated carbocycles. The van der Waals surface area contributed by atoms with Crippen LogP contribution in [-0.2, 0) is 18.8 Å². The Morgan fingerprint density at radius 2 is 1.76 bits per heavy atom. The molecule has 0 atom stereocenters. The first-order chi connectivity index (χ1) is 13.5. The first kappa shape index (κ1) is 21.4. The molecular formula is C19H16ClF6N3. The SMILES string of the molecule is NCCCCc1c(-c2ncccc2Cl)[nH]c2cc(C(F)(F)F)cc(C(F)(F)F)c12. The zero-order valence-electron chi connectivity index (χ0n) is 14.9. The summed E-state index contributed by atoms with van der Waals surface area (Å²) in [5.41, 5.74) is 3.04. The van der Waals surface area contributed by atoms with E-state index in [0.29, 0.717) is 25.5 Å². The number of H-pyrrole nitrogens is 1. The third-order valence-corrected chi connectivity index (χ3v) is 4.82. The molecule has 0 radical (unpaired) electrons. The summed E-state index contributed by atoms with van der Waals surface area (Å²) in [6.07, 6.45) is -7.32. The summed E-state index contributed by atoms with van der Waals surface area (Å²) < 4.78 is 80.7. The summed E-state index contributed by atoms with van der Waals surface area (Å²) in [4.78, 5) is 6.80. The van der Waals surface area contributed by atoms with Crippen LogP contribution in [0, 0.1) is 0 Å². The van der Waals surface area contributed by atoms with E-state index in [2.05, 4.69) is 9.97 Å². The lowest BCUT2D eigenvalue weighted by Crippen LogP contribution is -2.11. The average Bonchev–Trinajstić information content (AvgIpc) is 2.98. The van der Waals surface area contributed by atoms with E-state index < -0.39 is 23.5 Å². The third kappa shape index (κ3) is 4.35. The lowest BCUT2D eigenvalue weighted by atomic mass is 9.97. The van der Waals surface area contributed by atoms with Gasteiger partial charge in [-0.2, -0.15) is 26.3 Å². The van der Waals surface area contributed by atoms with Crippen LogP contribution in [0.2, 0.25) is 5.02 Å². The first-order valence-electron chi connectivity index (χ1n) is 8.68. The van der Waals surface area contributed by atoms with Crippen LogP contribution < -0.4 is 5.73 Å². The van der Waals surface area contributed by atoms with Crippen molar-refractivity contribution in [2.24, 2.45) is 5.73 Å². The molecule has 0 amide bonds. The van der Waals surface area contributed by atoms with Gasteiger partial charge in [0, 0.05) is 17.1 Å². The van der Waals surface area contributed by atoms with Crippen molar-refractivity contribution >= 4 is 22.5 Å². The van der Waals surface area contributed by atoms with Crippen molar-refractivity contribution in [3.8, 4) is 11.4 Å². The number of aromatic amines is 1. The molecule has 0 aliphatic rings. The summed E-state index contributed by atoms with van der Waals surface area (Å²) in [5.74, 6) is 0. The smallest absolute Gasteiger partial charge is 0.353 e. The second kappa shape index (κ2) is 7.87. The Bertz CT molecular complexity index is 1020. The molecule has 0 saturated heterocycles. The highest BCUT2D eigenvalue weighted by Crippen LogP contribution is 2.44. The second-order valence-corrected chi connectivity index (χ2v) is 6.91. The summed E-state index contributed by atoms with van der Waals surface area (Å²) in [6, 6.07) is 3.88. The van der Waals surface area contributed by atoms with Crippen molar-refractivity contribution in [2.75, 3.05) is 6.54 Å². The standard InChI is InChI=1S/C19H16ClF6N3/c20-13-5-3-7-28-17(13)16-11(4-1-2-6-27)15-12(19(24,25)26)8-10(18(21,22)23)9-14(15)29-16/h3,5,7-9,29H,1-2,4,6,27H2. The molecule has 3 rings (SSSR count). The summed E-state index contributed by atoms with van der Waals surface area (Å²) in [6.45, 7) is 0.340. The highest BCUT2D eigenvalue weighted by Gasteiger charge is 2.39. The van der Waals surface area contributed by atoms with Gasteiger partial charge in [-0.1, -0.05) is 11.6 Å². The Kier molecular flexibility index (Phi) is 5.82. The van der Waals surface area contributed by atoms with E-state index in [1.807, 2.05) is 0 Å². The Hall–Kier alpha value is -2.26. The van der Waals surface area contributed by atoms with Gasteiger partial charge in [0.05, 0.1) is 21.8 Å². The molecule has 0 aliphatic carbocycles. The monoisotopic (exact) mass is 435 g/mol. The van der Waals surface area contributed by atoms with Gasteiger partial charge in [-0.05, 0) is 55.6 Å². The van der Waals surface area contributed by atoms with Gasteiger partial charge in [0.1, 0.15) is 5.69 Å². The number of aromatic nitrogens is 2. The van der Waals surface area contributed by atoms with Crippen LogP contribution in [0.1, 0.15) is 29.5 Å². The zero-order valence-corrected chi connectivity index (χ0v) is 15.6. The Morgan fingerprint density at radius 1 is 1.03 bits per heavy atom. The van der Waals surface area contributed by atoms with E-state index in [4.69, 9.17) is 17.3 Å². The first-order valence-corrected chi connectivity index (χ1v) is 9.05. The van der Waals surface area contributed by atoms with Gasteiger partial charge in [0.15, 0.2) is 0 Å². The maximum absolute atomic E-state index is 13.7. The number of aryl methyl sites for hydroxylation is 1. The molecule has 0 bridgehead atoms. The molecule has 0 fully saturated rings. The third-order valence-electron chi connectivity index (χ3n) is 4.51.